The Kier molecular flexibility index (Phi) is 4.61. The molecular formula is C14H16BrNO3. The highest BCUT2D eigenvalue weighted by Crippen LogP contribution is 2.24. The molecule has 2 rings (SSSR count). The van der Waals surface area contributed by atoms with E-state index in [9.17, 15) is 4.79 Å². The summed E-state index contributed by atoms with van der Waals surface area (Å²) in [7, 11) is 1.65. The Hall–Kier alpha value is -1.33. The molecule has 102 valence electrons. The van der Waals surface area contributed by atoms with Gasteiger partial charge in [0.15, 0.2) is 0 Å². The van der Waals surface area contributed by atoms with Crippen LogP contribution >= 0.6 is 15.9 Å². The van der Waals surface area contributed by atoms with Crippen LogP contribution < -0.4 is 0 Å². The van der Waals surface area contributed by atoms with Crippen LogP contribution in [0, 0.1) is 0 Å². The zero-order valence-corrected chi connectivity index (χ0v) is 12.6. The average molecular weight is 326 g/mol. The molecule has 0 bridgehead atoms. The van der Waals surface area contributed by atoms with Crippen molar-refractivity contribution in [1.29, 1.82) is 0 Å². The molecular weight excluding hydrogens is 310 g/mol. The van der Waals surface area contributed by atoms with Crippen LogP contribution in [-0.4, -0.2) is 30.9 Å². The quantitative estimate of drug-likeness (QED) is 0.792. The van der Waals surface area contributed by atoms with E-state index < -0.39 is 0 Å². The van der Waals surface area contributed by atoms with Crippen molar-refractivity contribution in [3.05, 3.63) is 34.4 Å². The number of fused-ring (bicyclic) bond motifs is 1. The van der Waals surface area contributed by atoms with Crippen molar-refractivity contribution in [3.8, 4) is 0 Å². The first kappa shape index (κ1) is 14.1. The van der Waals surface area contributed by atoms with Crippen LogP contribution in [0.3, 0.4) is 0 Å². The molecule has 0 saturated heterocycles. The summed E-state index contributed by atoms with van der Waals surface area (Å²) in [5.41, 5.74) is 1.57. The van der Waals surface area contributed by atoms with Gasteiger partial charge in [0, 0.05) is 29.0 Å². The van der Waals surface area contributed by atoms with E-state index in [1.165, 1.54) is 0 Å². The summed E-state index contributed by atoms with van der Waals surface area (Å²) >= 11 is 3.44. The fraction of sp³-hybridized carbons (Fsp3) is 0.357. The number of aromatic nitrogens is 1. The molecule has 4 nitrogen and oxygen atoms in total. The van der Waals surface area contributed by atoms with E-state index in [0.717, 1.165) is 15.4 Å². The lowest BCUT2D eigenvalue weighted by molar-refractivity contribution is 0.0512. The highest BCUT2D eigenvalue weighted by molar-refractivity contribution is 9.10. The molecule has 19 heavy (non-hydrogen) atoms. The van der Waals surface area contributed by atoms with E-state index >= 15 is 0 Å². The normalized spacial score (nSPS) is 10.9. The predicted molar refractivity (Wildman–Crippen MR) is 77.5 cm³/mol. The Balaban J connectivity index is 2.50. The average Bonchev–Trinajstić information content (AvgIpc) is 2.74. The minimum absolute atomic E-state index is 0.300. The zero-order valence-electron chi connectivity index (χ0n) is 11.0. The maximum atomic E-state index is 12.0. The molecule has 1 aromatic heterocycles. The SMILES string of the molecule is CCOC(=O)c1cc2cc(Br)ccc2n1CCOC. The number of rotatable bonds is 5. The van der Waals surface area contributed by atoms with E-state index in [1.54, 1.807) is 14.0 Å². The second kappa shape index (κ2) is 6.21. The van der Waals surface area contributed by atoms with Gasteiger partial charge in [-0.15, -0.1) is 0 Å². The Morgan fingerprint density at radius 2 is 2.16 bits per heavy atom. The summed E-state index contributed by atoms with van der Waals surface area (Å²) in [6.07, 6.45) is 0. The largest absolute Gasteiger partial charge is 0.461 e. The predicted octanol–water partition coefficient (Wildman–Crippen LogP) is 3.23. The summed E-state index contributed by atoms with van der Waals surface area (Å²) in [5, 5.41) is 1.01. The summed E-state index contributed by atoms with van der Waals surface area (Å²) in [6, 6.07) is 7.79. The Morgan fingerprint density at radius 1 is 1.37 bits per heavy atom. The van der Waals surface area contributed by atoms with E-state index in [-0.39, 0.29) is 5.97 Å². The van der Waals surface area contributed by atoms with Gasteiger partial charge >= 0.3 is 5.97 Å². The fourth-order valence-corrected chi connectivity index (χ4v) is 2.42. The highest BCUT2D eigenvalue weighted by atomic mass is 79.9. The second-order valence-corrected chi connectivity index (χ2v) is 5.01. The number of ether oxygens (including phenoxy) is 2. The monoisotopic (exact) mass is 325 g/mol. The molecule has 0 saturated carbocycles. The van der Waals surface area contributed by atoms with Gasteiger partial charge in [-0.2, -0.15) is 0 Å². The Labute approximate surface area is 120 Å². The molecule has 1 aromatic carbocycles. The molecule has 0 atom stereocenters. The summed E-state index contributed by atoms with van der Waals surface area (Å²) < 4.78 is 13.1. The molecule has 0 fully saturated rings. The number of methoxy groups -OCH3 is 1. The first-order valence-electron chi connectivity index (χ1n) is 6.12. The van der Waals surface area contributed by atoms with E-state index in [0.29, 0.717) is 25.5 Å². The number of halogens is 1. The molecule has 2 aromatic rings. The minimum atomic E-state index is -0.300. The molecule has 0 N–H and O–H groups in total. The first-order valence-corrected chi connectivity index (χ1v) is 6.91. The third-order valence-corrected chi connectivity index (χ3v) is 3.36. The molecule has 5 heteroatoms. The summed E-state index contributed by atoms with van der Waals surface area (Å²) in [5.74, 6) is -0.300. The van der Waals surface area contributed by atoms with Crippen molar-refractivity contribution in [2.45, 2.75) is 13.5 Å². The van der Waals surface area contributed by atoms with Crippen molar-refractivity contribution < 1.29 is 14.3 Å². The lowest BCUT2D eigenvalue weighted by atomic mass is 10.2. The van der Waals surface area contributed by atoms with Crippen LogP contribution in [0.1, 0.15) is 17.4 Å². The van der Waals surface area contributed by atoms with Gasteiger partial charge < -0.3 is 14.0 Å². The van der Waals surface area contributed by atoms with Crippen LogP contribution in [0.5, 0.6) is 0 Å². The molecule has 0 aliphatic rings. The van der Waals surface area contributed by atoms with Crippen LogP contribution in [0.4, 0.5) is 0 Å². The zero-order chi connectivity index (χ0) is 13.8. The maximum Gasteiger partial charge on any atom is 0.354 e. The Bertz CT molecular complexity index is 592. The number of benzene rings is 1. The van der Waals surface area contributed by atoms with Crippen molar-refractivity contribution >= 4 is 32.8 Å². The summed E-state index contributed by atoms with van der Waals surface area (Å²) in [4.78, 5) is 12.0. The number of nitrogens with zero attached hydrogens (tertiary/aromatic N) is 1. The third-order valence-electron chi connectivity index (χ3n) is 2.87. The van der Waals surface area contributed by atoms with Crippen LogP contribution in [0.15, 0.2) is 28.7 Å². The van der Waals surface area contributed by atoms with Gasteiger partial charge in [0.05, 0.1) is 13.2 Å². The van der Waals surface area contributed by atoms with Gasteiger partial charge in [-0.05, 0) is 31.2 Å². The number of hydrogen-bond acceptors (Lipinski definition) is 3. The number of carbonyl (C=O) groups excluding carboxylic acids is 1. The molecule has 1 heterocycles. The van der Waals surface area contributed by atoms with Gasteiger partial charge in [0.1, 0.15) is 5.69 Å². The number of carbonyl (C=O) groups is 1. The van der Waals surface area contributed by atoms with E-state index in [2.05, 4.69) is 15.9 Å². The number of esters is 1. The lowest BCUT2D eigenvalue weighted by Crippen LogP contribution is -2.14. The van der Waals surface area contributed by atoms with Crippen LogP contribution in [0.25, 0.3) is 10.9 Å². The van der Waals surface area contributed by atoms with Gasteiger partial charge in [-0.1, -0.05) is 15.9 Å². The number of hydrogen-bond donors (Lipinski definition) is 0. The summed E-state index contributed by atoms with van der Waals surface area (Å²) in [6.45, 7) is 3.34. The van der Waals surface area contributed by atoms with Gasteiger partial charge in [-0.3, -0.25) is 0 Å². The molecule has 0 aliphatic carbocycles. The van der Waals surface area contributed by atoms with E-state index in [4.69, 9.17) is 9.47 Å². The third kappa shape index (κ3) is 2.98. The topological polar surface area (TPSA) is 40.5 Å². The van der Waals surface area contributed by atoms with Crippen molar-refractivity contribution in [3.63, 3.8) is 0 Å². The van der Waals surface area contributed by atoms with Crippen LogP contribution in [-0.2, 0) is 16.0 Å². The van der Waals surface area contributed by atoms with Crippen molar-refractivity contribution in [2.75, 3.05) is 20.3 Å². The Morgan fingerprint density at radius 3 is 2.84 bits per heavy atom. The highest BCUT2D eigenvalue weighted by Gasteiger charge is 2.16. The van der Waals surface area contributed by atoms with Crippen LogP contribution in [0.2, 0.25) is 0 Å². The second-order valence-electron chi connectivity index (χ2n) is 4.10. The molecule has 0 spiro atoms. The first-order chi connectivity index (χ1) is 9.17. The molecule has 0 amide bonds. The van der Waals surface area contributed by atoms with Crippen molar-refractivity contribution in [2.24, 2.45) is 0 Å². The van der Waals surface area contributed by atoms with Gasteiger partial charge in [-0.25, -0.2) is 4.79 Å². The molecule has 0 aliphatic heterocycles. The standard InChI is InChI=1S/C14H16BrNO3/c1-3-19-14(17)13-9-10-8-11(15)4-5-12(10)16(13)6-7-18-2/h4-5,8-9H,3,6-7H2,1-2H3. The molecule has 0 unspecified atom stereocenters. The minimum Gasteiger partial charge on any atom is -0.461 e. The molecule has 0 radical (unpaired) electrons. The van der Waals surface area contributed by atoms with Crippen molar-refractivity contribution in [1.82, 2.24) is 4.57 Å². The van der Waals surface area contributed by atoms with E-state index in [1.807, 2.05) is 28.8 Å². The fourth-order valence-electron chi connectivity index (χ4n) is 2.04. The van der Waals surface area contributed by atoms with Gasteiger partial charge in [0.25, 0.3) is 0 Å². The smallest absolute Gasteiger partial charge is 0.354 e. The maximum absolute atomic E-state index is 12.0. The van der Waals surface area contributed by atoms with Gasteiger partial charge in [0.2, 0.25) is 0 Å². The lowest BCUT2D eigenvalue weighted by Gasteiger charge is -2.09.